The maximum absolute atomic E-state index is 12.0. The third-order valence-corrected chi connectivity index (χ3v) is 3.02. The first kappa shape index (κ1) is 15.0. The SMILES string of the molecule is FC(F)(F)Oc1ccc(OCc2cccc(I)c2)cc1. The van der Waals surface area contributed by atoms with Crippen molar-refractivity contribution in [1.29, 1.82) is 0 Å². The lowest BCUT2D eigenvalue weighted by atomic mass is 10.2. The van der Waals surface area contributed by atoms with Crippen molar-refractivity contribution < 1.29 is 22.6 Å². The fourth-order valence-electron chi connectivity index (χ4n) is 1.53. The average Bonchev–Trinajstić information content (AvgIpc) is 2.36. The number of rotatable bonds is 4. The van der Waals surface area contributed by atoms with Gasteiger partial charge in [-0.05, 0) is 64.6 Å². The van der Waals surface area contributed by atoms with Gasteiger partial charge in [0.25, 0.3) is 0 Å². The van der Waals surface area contributed by atoms with Crippen LogP contribution in [0.25, 0.3) is 0 Å². The van der Waals surface area contributed by atoms with E-state index in [-0.39, 0.29) is 5.75 Å². The first-order valence-corrected chi connectivity index (χ1v) is 6.73. The van der Waals surface area contributed by atoms with E-state index in [4.69, 9.17) is 4.74 Å². The Bertz CT molecular complexity index is 567. The summed E-state index contributed by atoms with van der Waals surface area (Å²) >= 11 is 2.20. The zero-order valence-corrected chi connectivity index (χ0v) is 12.3. The fraction of sp³-hybridized carbons (Fsp3) is 0.143. The largest absolute Gasteiger partial charge is 0.573 e. The molecule has 0 N–H and O–H groups in total. The summed E-state index contributed by atoms with van der Waals surface area (Å²) in [7, 11) is 0. The summed E-state index contributed by atoms with van der Waals surface area (Å²) in [6, 6.07) is 13.1. The summed E-state index contributed by atoms with van der Waals surface area (Å²) in [6.45, 7) is 0.357. The third-order valence-electron chi connectivity index (χ3n) is 2.35. The molecule has 0 saturated carbocycles. The predicted molar refractivity (Wildman–Crippen MR) is 76.6 cm³/mol. The minimum atomic E-state index is -4.68. The molecule has 20 heavy (non-hydrogen) atoms. The van der Waals surface area contributed by atoms with Gasteiger partial charge in [-0.15, -0.1) is 13.2 Å². The van der Waals surface area contributed by atoms with E-state index in [2.05, 4.69) is 27.3 Å². The molecule has 0 spiro atoms. The fourth-order valence-corrected chi connectivity index (χ4v) is 2.14. The number of hydrogen-bond donors (Lipinski definition) is 0. The van der Waals surface area contributed by atoms with Crippen molar-refractivity contribution in [2.45, 2.75) is 13.0 Å². The molecule has 0 unspecified atom stereocenters. The quantitative estimate of drug-likeness (QED) is 0.696. The Morgan fingerprint density at radius 2 is 1.60 bits per heavy atom. The molecule has 0 amide bonds. The molecule has 0 bridgehead atoms. The van der Waals surface area contributed by atoms with E-state index in [1.807, 2.05) is 24.3 Å². The van der Waals surface area contributed by atoms with Gasteiger partial charge in [0.15, 0.2) is 0 Å². The normalized spacial score (nSPS) is 11.2. The third kappa shape index (κ3) is 4.92. The molecule has 2 aromatic carbocycles. The molecule has 2 rings (SSSR count). The Morgan fingerprint density at radius 3 is 2.20 bits per heavy atom. The second kappa shape index (κ2) is 6.34. The van der Waals surface area contributed by atoms with Crippen molar-refractivity contribution in [1.82, 2.24) is 0 Å². The Morgan fingerprint density at radius 1 is 0.950 bits per heavy atom. The minimum Gasteiger partial charge on any atom is -0.489 e. The number of benzene rings is 2. The topological polar surface area (TPSA) is 18.5 Å². The highest BCUT2D eigenvalue weighted by Gasteiger charge is 2.30. The second-order valence-electron chi connectivity index (χ2n) is 3.94. The molecule has 0 aliphatic rings. The van der Waals surface area contributed by atoms with Gasteiger partial charge in [-0.25, -0.2) is 0 Å². The zero-order chi connectivity index (χ0) is 14.6. The lowest BCUT2D eigenvalue weighted by Crippen LogP contribution is -2.16. The summed E-state index contributed by atoms with van der Waals surface area (Å²) in [5, 5.41) is 0. The number of ether oxygens (including phenoxy) is 2. The van der Waals surface area contributed by atoms with E-state index in [1.165, 1.54) is 24.3 Å². The molecule has 0 heterocycles. The molecule has 0 atom stereocenters. The van der Waals surface area contributed by atoms with Gasteiger partial charge in [-0.2, -0.15) is 0 Å². The lowest BCUT2D eigenvalue weighted by molar-refractivity contribution is -0.274. The van der Waals surface area contributed by atoms with Crippen molar-refractivity contribution in [3.63, 3.8) is 0 Å². The molecule has 0 aliphatic carbocycles. The van der Waals surface area contributed by atoms with Gasteiger partial charge in [0.05, 0.1) is 0 Å². The Balaban J connectivity index is 1.94. The molecule has 106 valence electrons. The molecule has 0 aliphatic heterocycles. The van der Waals surface area contributed by atoms with Crippen LogP contribution in [0.1, 0.15) is 5.56 Å². The highest BCUT2D eigenvalue weighted by molar-refractivity contribution is 14.1. The van der Waals surface area contributed by atoms with Crippen LogP contribution >= 0.6 is 22.6 Å². The Labute approximate surface area is 127 Å². The minimum absolute atomic E-state index is 0.265. The van der Waals surface area contributed by atoms with Crippen LogP contribution in [-0.4, -0.2) is 6.36 Å². The van der Waals surface area contributed by atoms with E-state index in [1.54, 1.807) is 0 Å². The highest BCUT2D eigenvalue weighted by Crippen LogP contribution is 2.25. The molecule has 0 saturated heterocycles. The van der Waals surface area contributed by atoms with Gasteiger partial charge >= 0.3 is 6.36 Å². The predicted octanol–water partition coefficient (Wildman–Crippen LogP) is 4.77. The highest BCUT2D eigenvalue weighted by atomic mass is 127. The summed E-state index contributed by atoms with van der Waals surface area (Å²) < 4.78 is 46.4. The molecular formula is C14H10F3IO2. The molecular weight excluding hydrogens is 384 g/mol. The summed E-state index contributed by atoms with van der Waals surface area (Å²) in [6.07, 6.45) is -4.68. The van der Waals surface area contributed by atoms with E-state index in [0.717, 1.165) is 9.13 Å². The van der Waals surface area contributed by atoms with Crippen molar-refractivity contribution in [2.24, 2.45) is 0 Å². The van der Waals surface area contributed by atoms with Crippen molar-refractivity contribution >= 4 is 22.6 Å². The van der Waals surface area contributed by atoms with Crippen LogP contribution < -0.4 is 9.47 Å². The first-order chi connectivity index (χ1) is 9.42. The average molecular weight is 394 g/mol. The summed E-state index contributed by atoms with van der Waals surface area (Å²) in [4.78, 5) is 0. The van der Waals surface area contributed by atoms with Gasteiger partial charge in [0, 0.05) is 3.57 Å². The summed E-state index contributed by atoms with van der Waals surface area (Å²) in [5.41, 5.74) is 0.993. The molecule has 2 nitrogen and oxygen atoms in total. The monoisotopic (exact) mass is 394 g/mol. The molecule has 2 aromatic rings. The maximum Gasteiger partial charge on any atom is 0.573 e. The Hall–Kier alpha value is -1.44. The van der Waals surface area contributed by atoms with Crippen LogP contribution in [0.4, 0.5) is 13.2 Å². The van der Waals surface area contributed by atoms with Gasteiger partial charge in [0.2, 0.25) is 0 Å². The number of alkyl halides is 3. The van der Waals surface area contributed by atoms with Crippen molar-refractivity contribution in [3.8, 4) is 11.5 Å². The van der Waals surface area contributed by atoms with Crippen LogP contribution in [0.3, 0.4) is 0 Å². The molecule has 0 radical (unpaired) electrons. The second-order valence-corrected chi connectivity index (χ2v) is 5.18. The van der Waals surface area contributed by atoms with Crippen LogP contribution in [-0.2, 0) is 6.61 Å². The van der Waals surface area contributed by atoms with E-state index in [0.29, 0.717) is 12.4 Å². The maximum atomic E-state index is 12.0. The van der Waals surface area contributed by atoms with Crippen LogP contribution in [0.5, 0.6) is 11.5 Å². The standard InChI is InChI=1S/C14H10F3IO2/c15-14(16,17)20-13-6-4-12(5-7-13)19-9-10-2-1-3-11(18)8-10/h1-8H,9H2. The van der Waals surface area contributed by atoms with Gasteiger partial charge in [-0.1, -0.05) is 12.1 Å². The van der Waals surface area contributed by atoms with Crippen molar-refractivity contribution in [3.05, 3.63) is 57.7 Å². The van der Waals surface area contributed by atoms with E-state index >= 15 is 0 Å². The van der Waals surface area contributed by atoms with Crippen LogP contribution in [0, 0.1) is 3.57 Å². The van der Waals surface area contributed by atoms with E-state index in [9.17, 15) is 13.2 Å². The van der Waals surface area contributed by atoms with Crippen molar-refractivity contribution in [2.75, 3.05) is 0 Å². The lowest BCUT2D eigenvalue weighted by Gasteiger charge is -2.10. The molecule has 6 heteroatoms. The van der Waals surface area contributed by atoms with E-state index < -0.39 is 6.36 Å². The van der Waals surface area contributed by atoms with Gasteiger partial charge in [-0.3, -0.25) is 0 Å². The summed E-state index contributed by atoms with van der Waals surface area (Å²) in [5.74, 6) is 0.220. The number of halogens is 4. The van der Waals surface area contributed by atoms with Crippen LogP contribution in [0.2, 0.25) is 0 Å². The zero-order valence-electron chi connectivity index (χ0n) is 10.2. The first-order valence-electron chi connectivity index (χ1n) is 5.65. The van der Waals surface area contributed by atoms with Crippen LogP contribution in [0.15, 0.2) is 48.5 Å². The molecule has 0 fully saturated rings. The Kier molecular flexibility index (Phi) is 4.74. The smallest absolute Gasteiger partial charge is 0.489 e. The van der Waals surface area contributed by atoms with Gasteiger partial charge < -0.3 is 9.47 Å². The number of hydrogen-bond acceptors (Lipinski definition) is 2. The van der Waals surface area contributed by atoms with Gasteiger partial charge in [0.1, 0.15) is 18.1 Å². The molecule has 0 aromatic heterocycles.